The zero-order valence-corrected chi connectivity index (χ0v) is 14.1. The summed E-state index contributed by atoms with van der Waals surface area (Å²) in [6, 6.07) is 11.4. The highest BCUT2D eigenvalue weighted by Crippen LogP contribution is 2.29. The average molecular weight is 359 g/mol. The van der Waals surface area contributed by atoms with E-state index in [1.54, 1.807) is 42.6 Å². The fourth-order valence-electron chi connectivity index (χ4n) is 2.76. The molecule has 1 aliphatic heterocycles. The van der Waals surface area contributed by atoms with Gasteiger partial charge in [0.15, 0.2) is 5.78 Å². The molecule has 3 N–H and O–H groups in total. The number of piperidine rings is 1. The van der Waals surface area contributed by atoms with Crippen LogP contribution in [0.15, 0.2) is 54.2 Å². The van der Waals surface area contributed by atoms with Gasteiger partial charge in [-0.1, -0.05) is 18.2 Å². The lowest BCUT2D eigenvalue weighted by Gasteiger charge is -2.31. The van der Waals surface area contributed by atoms with Crippen LogP contribution >= 0.6 is 0 Å². The lowest BCUT2D eigenvalue weighted by atomic mass is 9.87. The second-order valence-electron chi connectivity index (χ2n) is 5.77. The topological polar surface area (TPSA) is 114 Å². The van der Waals surface area contributed by atoms with E-state index in [4.69, 9.17) is 5.14 Å². The minimum atomic E-state index is -3.95. The molecule has 1 fully saturated rings. The summed E-state index contributed by atoms with van der Waals surface area (Å²) in [6.07, 6.45) is 3.17. The van der Waals surface area contributed by atoms with Crippen LogP contribution in [-0.2, 0) is 15.0 Å². The van der Waals surface area contributed by atoms with Crippen LogP contribution in [0.5, 0.6) is 5.75 Å². The van der Waals surface area contributed by atoms with E-state index >= 15 is 0 Å². The number of benzene rings is 1. The zero-order valence-electron chi connectivity index (χ0n) is 13.2. The van der Waals surface area contributed by atoms with Crippen LogP contribution < -0.4 is 5.14 Å². The molecule has 0 aliphatic carbocycles. The van der Waals surface area contributed by atoms with Crippen molar-refractivity contribution in [2.24, 2.45) is 5.14 Å². The van der Waals surface area contributed by atoms with Crippen molar-refractivity contribution in [1.29, 1.82) is 0 Å². The maximum Gasteiger partial charge on any atom is 0.277 e. The molecule has 0 amide bonds. The monoisotopic (exact) mass is 359 g/mol. The van der Waals surface area contributed by atoms with Crippen molar-refractivity contribution < 1.29 is 18.3 Å². The number of Topliss-reactive ketones (excluding diaryl/α,β-unsaturated/α-hetero) is 1. The van der Waals surface area contributed by atoms with Crippen LogP contribution in [0.25, 0.3) is 6.08 Å². The van der Waals surface area contributed by atoms with E-state index in [0.29, 0.717) is 16.8 Å². The van der Waals surface area contributed by atoms with Gasteiger partial charge in [-0.15, -0.1) is 0 Å². The van der Waals surface area contributed by atoms with Crippen LogP contribution in [-0.4, -0.2) is 41.7 Å². The molecule has 0 bridgehead atoms. The first-order valence-corrected chi connectivity index (χ1v) is 9.07. The highest BCUT2D eigenvalue weighted by molar-refractivity contribution is 7.86. The lowest BCUT2D eigenvalue weighted by Crippen LogP contribution is -2.47. The van der Waals surface area contributed by atoms with Crippen LogP contribution in [0.2, 0.25) is 0 Å². The number of phenols is 1. The summed E-state index contributed by atoms with van der Waals surface area (Å²) in [5.74, 6) is -0.807. The van der Waals surface area contributed by atoms with Crippen molar-refractivity contribution in [3.8, 4) is 5.75 Å². The molecule has 1 unspecified atom stereocenters. The van der Waals surface area contributed by atoms with Crippen LogP contribution in [0.1, 0.15) is 17.2 Å². The summed E-state index contributed by atoms with van der Waals surface area (Å²) in [6.45, 7) is -0.134. The first-order valence-electron chi connectivity index (χ1n) is 7.57. The quantitative estimate of drug-likeness (QED) is 0.795. The maximum absolute atomic E-state index is 12.9. The van der Waals surface area contributed by atoms with Crippen molar-refractivity contribution in [3.05, 3.63) is 65.5 Å². The predicted molar refractivity (Wildman–Crippen MR) is 92.7 cm³/mol. The first kappa shape index (κ1) is 17.3. The minimum Gasteiger partial charge on any atom is -0.508 e. The Hall–Kier alpha value is -2.55. The number of hydrogen-bond acceptors (Lipinski definition) is 5. The van der Waals surface area contributed by atoms with Gasteiger partial charge in [0.05, 0.1) is 11.6 Å². The van der Waals surface area contributed by atoms with Gasteiger partial charge in [-0.3, -0.25) is 9.78 Å². The van der Waals surface area contributed by atoms with E-state index in [9.17, 15) is 18.3 Å². The second-order valence-corrected chi connectivity index (χ2v) is 7.32. The van der Waals surface area contributed by atoms with Gasteiger partial charge in [0.1, 0.15) is 5.75 Å². The number of pyridine rings is 1. The Morgan fingerprint density at radius 1 is 1.20 bits per heavy atom. The summed E-state index contributed by atoms with van der Waals surface area (Å²) in [5, 5.41) is 14.7. The summed E-state index contributed by atoms with van der Waals surface area (Å²) in [7, 11) is -3.95. The van der Waals surface area contributed by atoms with Gasteiger partial charge >= 0.3 is 0 Å². The number of nitrogens with two attached hydrogens (primary N) is 1. The Morgan fingerprint density at radius 3 is 2.52 bits per heavy atom. The number of phenolic OH excluding ortho intramolecular Hbond substituents is 1. The molecule has 0 radical (unpaired) electrons. The first-order chi connectivity index (χ1) is 11.8. The number of hydrogen-bond donors (Lipinski definition) is 2. The Balaban J connectivity index is 2.02. The third kappa shape index (κ3) is 3.93. The summed E-state index contributed by atoms with van der Waals surface area (Å²) >= 11 is 0. The molecule has 130 valence electrons. The van der Waals surface area contributed by atoms with E-state index in [0.717, 1.165) is 4.31 Å². The van der Waals surface area contributed by atoms with Crippen molar-refractivity contribution in [3.63, 3.8) is 0 Å². The maximum atomic E-state index is 12.9. The number of aromatic nitrogens is 1. The number of ketones is 1. The van der Waals surface area contributed by atoms with Crippen molar-refractivity contribution in [2.45, 2.75) is 5.92 Å². The molecular weight excluding hydrogens is 342 g/mol. The third-order valence-electron chi connectivity index (χ3n) is 4.03. The second kappa shape index (κ2) is 6.75. The number of carbonyl (C=O) groups excluding carboxylic acids is 1. The minimum absolute atomic E-state index is 0.0397. The molecule has 0 spiro atoms. The molecular formula is C17H17N3O4S. The van der Waals surface area contributed by atoms with E-state index in [1.165, 1.54) is 12.1 Å². The van der Waals surface area contributed by atoms with E-state index in [1.807, 2.05) is 0 Å². The molecule has 2 heterocycles. The molecule has 7 nitrogen and oxygen atoms in total. The molecule has 2 aromatic rings. The Morgan fingerprint density at radius 2 is 1.92 bits per heavy atom. The Labute approximate surface area is 145 Å². The molecule has 1 aromatic heterocycles. The van der Waals surface area contributed by atoms with E-state index < -0.39 is 16.1 Å². The summed E-state index contributed by atoms with van der Waals surface area (Å²) in [4.78, 5) is 17.0. The Bertz CT molecular complexity index is 909. The van der Waals surface area contributed by atoms with Gasteiger partial charge in [0.25, 0.3) is 10.2 Å². The molecule has 1 aliphatic rings. The highest BCUT2D eigenvalue weighted by atomic mass is 32.2. The van der Waals surface area contributed by atoms with Gasteiger partial charge < -0.3 is 5.11 Å². The standard InChI is InChI=1S/C17H17N3O4S/c18-25(23,24)20-10-13(9-14-3-1-2-8-19-14)17(22)16(11-20)12-4-6-15(21)7-5-12/h1-9,16,21H,10-11H2,(H2,18,23,24). The van der Waals surface area contributed by atoms with Crippen molar-refractivity contribution in [1.82, 2.24) is 9.29 Å². The lowest BCUT2D eigenvalue weighted by molar-refractivity contribution is -0.118. The van der Waals surface area contributed by atoms with Crippen molar-refractivity contribution in [2.75, 3.05) is 13.1 Å². The SMILES string of the molecule is NS(=O)(=O)N1CC(=Cc2ccccn2)C(=O)C(c2ccc(O)cc2)C1. The number of rotatable bonds is 3. The van der Waals surface area contributed by atoms with Gasteiger partial charge in [0.2, 0.25) is 0 Å². The highest BCUT2D eigenvalue weighted by Gasteiger charge is 2.36. The van der Waals surface area contributed by atoms with Gasteiger partial charge in [0, 0.05) is 24.9 Å². The normalized spacial score (nSPS) is 20.8. The molecule has 1 aromatic carbocycles. The average Bonchev–Trinajstić information content (AvgIpc) is 2.57. The predicted octanol–water partition coefficient (Wildman–Crippen LogP) is 1.04. The molecule has 25 heavy (non-hydrogen) atoms. The van der Waals surface area contributed by atoms with Crippen molar-refractivity contribution >= 4 is 22.1 Å². The molecule has 1 saturated heterocycles. The summed E-state index contributed by atoms with van der Waals surface area (Å²) < 4.78 is 24.7. The number of nitrogens with zero attached hydrogens (tertiary/aromatic N) is 2. The Kier molecular flexibility index (Phi) is 4.67. The number of aromatic hydroxyl groups is 1. The molecule has 1 atom stereocenters. The smallest absolute Gasteiger partial charge is 0.277 e. The molecule has 8 heteroatoms. The number of carbonyl (C=O) groups is 1. The van der Waals surface area contributed by atoms with E-state index in [-0.39, 0.29) is 24.6 Å². The van der Waals surface area contributed by atoms with Crippen LogP contribution in [0, 0.1) is 0 Å². The third-order valence-corrected chi connectivity index (χ3v) is 5.03. The summed E-state index contributed by atoms with van der Waals surface area (Å²) in [5.41, 5.74) is 1.49. The zero-order chi connectivity index (χ0) is 18.0. The van der Waals surface area contributed by atoms with Gasteiger partial charge in [-0.25, -0.2) is 5.14 Å². The fourth-order valence-corrected chi connectivity index (χ4v) is 3.43. The molecule has 0 saturated carbocycles. The van der Waals surface area contributed by atoms with Gasteiger partial charge in [-0.05, 0) is 35.9 Å². The largest absolute Gasteiger partial charge is 0.508 e. The van der Waals surface area contributed by atoms with Crippen LogP contribution in [0.3, 0.4) is 0 Å². The molecule has 3 rings (SSSR count). The van der Waals surface area contributed by atoms with E-state index in [2.05, 4.69) is 4.98 Å². The van der Waals surface area contributed by atoms with Crippen LogP contribution in [0.4, 0.5) is 0 Å². The van der Waals surface area contributed by atoms with Gasteiger partial charge in [-0.2, -0.15) is 12.7 Å². The fraction of sp³-hybridized carbons (Fsp3) is 0.176.